The molecule has 31 heavy (non-hydrogen) atoms. The van der Waals surface area contributed by atoms with E-state index in [1.807, 2.05) is 18.2 Å². The van der Waals surface area contributed by atoms with Crippen LogP contribution in [0.5, 0.6) is 5.75 Å². The molecule has 1 aliphatic heterocycles. The molecule has 4 rings (SSSR count). The fraction of sp³-hybridized carbons (Fsp3) is 0.478. The molecule has 2 aromatic carbocycles. The first-order valence-electron chi connectivity index (χ1n) is 10.1. The van der Waals surface area contributed by atoms with Crippen molar-refractivity contribution in [2.24, 2.45) is 0 Å². The third-order valence-electron chi connectivity index (χ3n) is 6.56. The van der Waals surface area contributed by atoms with Crippen molar-refractivity contribution in [3.8, 4) is 5.75 Å². The van der Waals surface area contributed by atoms with Gasteiger partial charge in [0.1, 0.15) is 5.75 Å². The lowest BCUT2D eigenvalue weighted by Crippen LogP contribution is -2.37. The van der Waals surface area contributed by atoms with Crippen LogP contribution in [0.1, 0.15) is 48.1 Å². The van der Waals surface area contributed by atoms with Crippen molar-refractivity contribution in [2.45, 2.75) is 56.4 Å². The monoisotopic (exact) mass is 476 g/mol. The second-order valence-electron chi connectivity index (χ2n) is 8.27. The number of benzene rings is 2. The van der Waals surface area contributed by atoms with Crippen LogP contribution in [0, 0.1) is 0 Å². The van der Waals surface area contributed by atoms with Gasteiger partial charge in [-0.3, -0.25) is 0 Å². The normalized spacial score (nSPS) is 24.8. The molecule has 2 N–H and O–H groups in total. The molecule has 8 heteroatoms. The van der Waals surface area contributed by atoms with Gasteiger partial charge < -0.3 is 15.4 Å². The predicted octanol–water partition coefficient (Wildman–Crippen LogP) is 5.50. The van der Waals surface area contributed by atoms with E-state index in [-0.39, 0.29) is 43.3 Å². The highest BCUT2D eigenvalue weighted by atomic mass is 35.5. The summed E-state index contributed by atoms with van der Waals surface area (Å²) in [4.78, 5) is 0. The standard InChI is InChI=1S/C23H27F3N2O.2ClH/c1-22(23(24,25)26)10-8-16-13-20(29-2)17(12-18(16)22)14-28-19-9-11-27-21(19)15-6-4-3-5-7-15;;/h3-7,12-13,19,21,27-28H,8-11,14H2,1-2H3;2*1H. The van der Waals surface area contributed by atoms with Gasteiger partial charge in [-0.15, -0.1) is 24.8 Å². The summed E-state index contributed by atoms with van der Waals surface area (Å²) in [5.74, 6) is 0.657. The summed E-state index contributed by atoms with van der Waals surface area (Å²) in [6, 6.07) is 14.1. The summed E-state index contributed by atoms with van der Waals surface area (Å²) in [5.41, 5.74) is 1.35. The first-order chi connectivity index (χ1) is 13.8. The van der Waals surface area contributed by atoms with Crippen molar-refractivity contribution in [1.82, 2.24) is 10.6 Å². The molecular weight excluding hydrogens is 448 g/mol. The molecule has 3 nitrogen and oxygen atoms in total. The van der Waals surface area contributed by atoms with Gasteiger partial charge in [-0.05, 0) is 61.6 Å². The highest BCUT2D eigenvalue weighted by molar-refractivity contribution is 5.85. The van der Waals surface area contributed by atoms with Gasteiger partial charge in [0.15, 0.2) is 0 Å². The Labute approximate surface area is 194 Å². The predicted molar refractivity (Wildman–Crippen MR) is 122 cm³/mol. The number of methoxy groups -OCH3 is 1. The molecule has 0 spiro atoms. The zero-order valence-corrected chi connectivity index (χ0v) is 19.2. The maximum Gasteiger partial charge on any atom is 0.398 e. The summed E-state index contributed by atoms with van der Waals surface area (Å²) in [5, 5.41) is 7.07. The average Bonchev–Trinajstić information content (AvgIpc) is 3.31. The molecule has 0 bridgehead atoms. The van der Waals surface area contributed by atoms with Gasteiger partial charge in [0.05, 0.1) is 12.5 Å². The molecule has 0 aromatic heterocycles. The Hall–Kier alpha value is -1.47. The number of aryl methyl sites for hydroxylation is 1. The van der Waals surface area contributed by atoms with Crippen LogP contribution in [0.2, 0.25) is 0 Å². The first kappa shape index (κ1) is 25.8. The molecule has 0 saturated carbocycles. The Bertz CT molecular complexity index is 879. The van der Waals surface area contributed by atoms with Crippen molar-refractivity contribution < 1.29 is 17.9 Å². The summed E-state index contributed by atoms with van der Waals surface area (Å²) < 4.78 is 46.8. The maximum atomic E-state index is 13.8. The molecular formula is C23H29Cl2F3N2O. The van der Waals surface area contributed by atoms with E-state index < -0.39 is 11.6 Å². The number of rotatable bonds is 5. The largest absolute Gasteiger partial charge is 0.496 e. The van der Waals surface area contributed by atoms with Gasteiger partial charge in [-0.25, -0.2) is 0 Å². The fourth-order valence-corrected chi connectivity index (χ4v) is 4.70. The van der Waals surface area contributed by atoms with Crippen molar-refractivity contribution >= 4 is 24.8 Å². The molecule has 3 unspecified atom stereocenters. The highest BCUT2D eigenvalue weighted by Gasteiger charge is 2.55. The zero-order chi connectivity index (χ0) is 20.6. The third kappa shape index (κ3) is 4.82. The number of hydrogen-bond acceptors (Lipinski definition) is 3. The molecule has 2 aliphatic rings. The van der Waals surface area contributed by atoms with E-state index in [4.69, 9.17) is 4.74 Å². The van der Waals surface area contributed by atoms with E-state index in [1.165, 1.54) is 12.5 Å². The fourth-order valence-electron chi connectivity index (χ4n) is 4.70. The quantitative estimate of drug-likeness (QED) is 0.597. The molecule has 1 aliphatic carbocycles. The lowest BCUT2D eigenvalue weighted by molar-refractivity contribution is -0.184. The second kappa shape index (κ2) is 9.99. The van der Waals surface area contributed by atoms with Crippen molar-refractivity contribution in [3.63, 3.8) is 0 Å². The minimum atomic E-state index is -4.26. The van der Waals surface area contributed by atoms with Crippen LogP contribution in [-0.2, 0) is 18.4 Å². The SMILES string of the molecule is COc1cc2c(cc1CNC1CCNC1c1ccccc1)C(C)(C(F)(F)F)CC2.Cl.Cl. The number of nitrogens with one attached hydrogen (secondary N) is 2. The van der Waals surface area contributed by atoms with Gasteiger partial charge in [0, 0.05) is 24.2 Å². The lowest BCUT2D eigenvalue weighted by atomic mass is 9.82. The van der Waals surface area contributed by atoms with Gasteiger partial charge in [0.2, 0.25) is 0 Å². The van der Waals surface area contributed by atoms with Crippen LogP contribution >= 0.6 is 24.8 Å². The molecule has 1 heterocycles. The molecule has 3 atom stereocenters. The number of halogens is 5. The lowest BCUT2D eigenvalue weighted by Gasteiger charge is -2.29. The molecule has 0 amide bonds. The molecule has 172 valence electrons. The van der Waals surface area contributed by atoms with Crippen molar-refractivity contribution in [3.05, 3.63) is 64.7 Å². The zero-order valence-electron chi connectivity index (χ0n) is 17.6. The van der Waals surface area contributed by atoms with Crippen LogP contribution in [0.4, 0.5) is 13.2 Å². The highest BCUT2D eigenvalue weighted by Crippen LogP contribution is 2.50. The summed E-state index contributed by atoms with van der Waals surface area (Å²) in [7, 11) is 1.58. The summed E-state index contributed by atoms with van der Waals surface area (Å²) in [6.07, 6.45) is -2.77. The van der Waals surface area contributed by atoms with E-state index in [9.17, 15) is 13.2 Å². The van der Waals surface area contributed by atoms with Crippen LogP contribution in [-0.4, -0.2) is 25.9 Å². The maximum absolute atomic E-state index is 13.8. The van der Waals surface area contributed by atoms with Crippen molar-refractivity contribution in [2.75, 3.05) is 13.7 Å². The Balaban J connectivity index is 0.00000171. The van der Waals surface area contributed by atoms with Crippen LogP contribution in [0.3, 0.4) is 0 Å². The van der Waals surface area contributed by atoms with Crippen molar-refractivity contribution in [1.29, 1.82) is 0 Å². The Morgan fingerprint density at radius 1 is 1.16 bits per heavy atom. The third-order valence-corrected chi connectivity index (χ3v) is 6.56. The van der Waals surface area contributed by atoms with Gasteiger partial charge in [-0.1, -0.05) is 30.3 Å². The van der Waals surface area contributed by atoms with E-state index in [1.54, 1.807) is 19.2 Å². The minimum Gasteiger partial charge on any atom is -0.496 e. The van der Waals surface area contributed by atoms with Crippen LogP contribution in [0.15, 0.2) is 42.5 Å². The Morgan fingerprint density at radius 3 is 2.52 bits per heavy atom. The van der Waals surface area contributed by atoms with E-state index in [0.717, 1.165) is 24.1 Å². The average molecular weight is 477 g/mol. The Morgan fingerprint density at radius 2 is 1.87 bits per heavy atom. The molecule has 1 fully saturated rings. The van der Waals surface area contributed by atoms with E-state index in [2.05, 4.69) is 22.8 Å². The minimum absolute atomic E-state index is 0. The first-order valence-corrected chi connectivity index (χ1v) is 10.1. The smallest absolute Gasteiger partial charge is 0.398 e. The number of ether oxygens (including phenoxy) is 1. The molecule has 2 aromatic rings. The number of alkyl halides is 3. The second-order valence-corrected chi connectivity index (χ2v) is 8.27. The summed E-state index contributed by atoms with van der Waals surface area (Å²) >= 11 is 0. The number of fused-ring (bicyclic) bond motifs is 1. The topological polar surface area (TPSA) is 33.3 Å². The van der Waals surface area contributed by atoms with Crippen LogP contribution in [0.25, 0.3) is 0 Å². The Kier molecular flexibility index (Phi) is 8.31. The molecule has 0 radical (unpaired) electrons. The van der Waals surface area contributed by atoms with Gasteiger partial charge >= 0.3 is 6.18 Å². The molecule has 1 saturated heterocycles. The van der Waals surface area contributed by atoms with E-state index in [0.29, 0.717) is 24.3 Å². The number of hydrogen-bond donors (Lipinski definition) is 2. The van der Waals surface area contributed by atoms with Crippen LogP contribution < -0.4 is 15.4 Å². The summed E-state index contributed by atoms with van der Waals surface area (Å²) in [6.45, 7) is 2.69. The van der Waals surface area contributed by atoms with Gasteiger partial charge in [-0.2, -0.15) is 13.2 Å². The van der Waals surface area contributed by atoms with E-state index >= 15 is 0 Å². The van der Waals surface area contributed by atoms with Gasteiger partial charge in [0.25, 0.3) is 0 Å².